The van der Waals surface area contributed by atoms with Crippen LogP contribution in [0.15, 0.2) is 122 Å². The Kier molecular flexibility index (Phi) is 66.7. The maximum absolute atomic E-state index is 12.9. The van der Waals surface area contributed by atoms with Crippen LogP contribution in [-0.2, 0) is 28.6 Å². The van der Waals surface area contributed by atoms with E-state index in [4.69, 9.17) is 14.2 Å². The van der Waals surface area contributed by atoms with Crippen molar-refractivity contribution in [1.82, 2.24) is 0 Å². The molecule has 474 valence electrons. The molecule has 0 saturated heterocycles. The van der Waals surface area contributed by atoms with Crippen molar-refractivity contribution in [2.24, 2.45) is 0 Å². The Bertz CT molecular complexity index is 1700. The molecule has 0 amide bonds. The van der Waals surface area contributed by atoms with Gasteiger partial charge in [-0.2, -0.15) is 0 Å². The maximum atomic E-state index is 12.9. The fraction of sp³-hybridized carbons (Fsp3) is 0.701. The molecule has 0 bridgehead atoms. The summed E-state index contributed by atoms with van der Waals surface area (Å²) in [5.41, 5.74) is 0. The molecule has 0 aliphatic heterocycles. The molecule has 0 aromatic heterocycles. The van der Waals surface area contributed by atoms with E-state index in [2.05, 4.69) is 142 Å². The highest BCUT2D eigenvalue weighted by Gasteiger charge is 2.19. The third-order valence-electron chi connectivity index (χ3n) is 14.9. The summed E-state index contributed by atoms with van der Waals surface area (Å²) in [4.78, 5) is 38.4. The number of hydrogen-bond acceptors (Lipinski definition) is 6. The summed E-state index contributed by atoms with van der Waals surface area (Å²) in [6, 6.07) is 0. The minimum atomic E-state index is -0.793. The maximum Gasteiger partial charge on any atom is 0.306 e. The summed E-state index contributed by atoms with van der Waals surface area (Å²) in [7, 11) is 0. The highest BCUT2D eigenvalue weighted by atomic mass is 16.6. The third-order valence-corrected chi connectivity index (χ3v) is 14.9. The molecule has 0 spiro atoms. The number of carbonyl (C=O) groups excluding carboxylic acids is 3. The summed E-state index contributed by atoms with van der Waals surface area (Å²) >= 11 is 0. The van der Waals surface area contributed by atoms with Gasteiger partial charge in [0.05, 0.1) is 0 Å². The van der Waals surface area contributed by atoms with Crippen LogP contribution in [0.4, 0.5) is 0 Å². The van der Waals surface area contributed by atoms with Crippen LogP contribution >= 0.6 is 0 Å². The van der Waals surface area contributed by atoms with Crippen molar-refractivity contribution in [3.8, 4) is 0 Å². The standard InChI is InChI=1S/C77H130O6/c1-4-7-10-13-16-19-22-25-28-31-32-33-34-35-36-37-38-39-40-41-42-43-44-45-46-47-50-52-55-58-61-64-67-70-76(79)82-73-74(83-77(80)71-68-65-62-59-56-53-49-30-27-24-21-18-15-12-9-6-3)72-81-75(78)69-66-63-60-57-54-51-48-29-26-23-20-17-14-11-8-5-2/h7,10,16,19,25,28-30,32-33,35-36,38-39,41-42,44-45,48-49,74H,4-6,8-9,11-15,17-18,20-24,26-27,31,34,37,40,43,46-47,50-73H2,1-3H3/b10-7-,19-16-,28-25-,33-32-,36-35-,39-38-,42-41-,45-44-,48-29-,49-30-. The first-order valence-electron chi connectivity index (χ1n) is 35.0. The van der Waals surface area contributed by atoms with E-state index >= 15 is 0 Å². The van der Waals surface area contributed by atoms with Gasteiger partial charge in [-0.3, -0.25) is 14.4 Å². The van der Waals surface area contributed by atoms with E-state index in [0.717, 1.165) is 135 Å². The van der Waals surface area contributed by atoms with E-state index in [9.17, 15) is 14.4 Å². The van der Waals surface area contributed by atoms with Gasteiger partial charge in [0.15, 0.2) is 6.10 Å². The Hall–Kier alpha value is -4.19. The molecule has 0 aromatic rings. The highest BCUT2D eigenvalue weighted by Crippen LogP contribution is 2.16. The molecule has 0 aromatic carbocycles. The summed E-state index contributed by atoms with van der Waals surface area (Å²) in [5.74, 6) is -0.902. The van der Waals surface area contributed by atoms with Crippen molar-refractivity contribution < 1.29 is 28.6 Å². The first kappa shape index (κ1) is 78.8. The lowest BCUT2D eigenvalue weighted by Crippen LogP contribution is -2.30. The summed E-state index contributed by atoms with van der Waals surface area (Å²) in [6.07, 6.45) is 97.9. The van der Waals surface area contributed by atoms with Gasteiger partial charge in [0.1, 0.15) is 13.2 Å². The van der Waals surface area contributed by atoms with Gasteiger partial charge >= 0.3 is 17.9 Å². The fourth-order valence-electron chi connectivity index (χ4n) is 9.68. The number of allylic oxidation sites excluding steroid dienone is 20. The van der Waals surface area contributed by atoms with E-state index in [1.807, 2.05) is 0 Å². The van der Waals surface area contributed by atoms with Crippen molar-refractivity contribution >= 4 is 17.9 Å². The van der Waals surface area contributed by atoms with Crippen LogP contribution in [0, 0.1) is 0 Å². The van der Waals surface area contributed by atoms with E-state index in [1.165, 1.54) is 154 Å². The molecule has 6 nitrogen and oxygen atoms in total. The van der Waals surface area contributed by atoms with E-state index in [0.29, 0.717) is 19.3 Å². The normalized spacial score (nSPS) is 12.9. The highest BCUT2D eigenvalue weighted by molar-refractivity contribution is 5.71. The van der Waals surface area contributed by atoms with Crippen LogP contribution < -0.4 is 0 Å². The molecular weight excluding hydrogens is 1020 g/mol. The molecule has 6 heteroatoms. The number of ether oxygens (including phenoxy) is 3. The topological polar surface area (TPSA) is 78.9 Å². The average molecular weight is 1150 g/mol. The van der Waals surface area contributed by atoms with Crippen LogP contribution in [0.5, 0.6) is 0 Å². The van der Waals surface area contributed by atoms with Crippen molar-refractivity contribution in [3.63, 3.8) is 0 Å². The van der Waals surface area contributed by atoms with Crippen LogP contribution in [0.25, 0.3) is 0 Å². The van der Waals surface area contributed by atoms with Crippen LogP contribution in [0.2, 0.25) is 0 Å². The third kappa shape index (κ3) is 68.5. The minimum Gasteiger partial charge on any atom is -0.462 e. The molecule has 1 unspecified atom stereocenters. The lowest BCUT2D eigenvalue weighted by molar-refractivity contribution is -0.167. The van der Waals surface area contributed by atoms with Gasteiger partial charge in [-0.1, -0.05) is 296 Å². The summed E-state index contributed by atoms with van der Waals surface area (Å²) < 4.78 is 16.9. The lowest BCUT2D eigenvalue weighted by atomic mass is 10.1. The monoisotopic (exact) mass is 1150 g/mol. The largest absolute Gasteiger partial charge is 0.462 e. The molecule has 0 aliphatic carbocycles. The van der Waals surface area contributed by atoms with Gasteiger partial charge in [0, 0.05) is 19.3 Å². The molecule has 1 atom stereocenters. The molecule has 0 aliphatic rings. The Labute approximate surface area is 513 Å². The molecule has 0 rings (SSSR count). The smallest absolute Gasteiger partial charge is 0.306 e. The van der Waals surface area contributed by atoms with Crippen molar-refractivity contribution in [1.29, 1.82) is 0 Å². The van der Waals surface area contributed by atoms with Crippen molar-refractivity contribution in [2.75, 3.05) is 13.2 Å². The van der Waals surface area contributed by atoms with E-state index in [-0.39, 0.29) is 31.1 Å². The molecule has 0 N–H and O–H groups in total. The summed E-state index contributed by atoms with van der Waals surface area (Å²) in [6.45, 7) is 6.53. The Morgan fingerprint density at radius 3 is 0.747 bits per heavy atom. The second-order valence-electron chi connectivity index (χ2n) is 23.1. The van der Waals surface area contributed by atoms with Gasteiger partial charge in [-0.15, -0.1) is 0 Å². The second kappa shape index (κ2) is 70.3. The Balaban J connectivity index is 4.32. The minimum absolute atomic E-state index is 0.0878. The number of rotatable bonds is 63. The first-order chi connectivity index (χ1) is 41.0. The zero-order valence-corrected chi connectivity index (χ0v) is 54.4. The van der Waals surface area contributed by atoms with Crippen LogP contribution in [0.1, 0.15) is 329 Å². The number of esters is 3. The van der Waals surface area contributed by atoms with E-state index < -0.39 is 6.10 Å². The van der Waals surface area contributed by atoms with Gasteiger partial charge < -0.3 is 14.2 Å². The Morgan fingerprint density at radius 1 is 0.253 bits per heavy atom. The molecule has 83 heavy (non-hydrogen) atoms. The number of carbonyl (C=O) groups is 3. The van der Waals surface area contributed by atoms with Gasteiger partial charge in [-0.05, 0) is 135 Å². The van der Waals surface area contributed by atoms with E-state index in [1.54, 1.807) is 0 Å². The first-order valence-corrected chi connectivity index (χ1v) is 35.0. The zero-order valence-electron chi connectivity index (χ0n) is 54.4. The van der Waals surface area contributed by atoms with Gasteiger partial charge in [0.25, 0.3) is 0 Å². The quantitative estimate of drug-likeness (QED) is 0.0261. The van der Waals surface area contributed by atoms with Gasteiger partial charge in [-0.25, -0.2) is 0 Å². The summed E-state index contributed by atoms with van der Waals surface area (Å²) in [5, 5.41) is 0. The molecule has 0 heterocycles. The average Bonchev–Trinajstić information content (AvgIpc) is 3.49. The Morgan fingerprint density at radius 2 is 0.470 bits per heavy atom. The SMILES string of the molecule is CC/C=C\C/C=C\C/C=C\C/C=C\C/C=C\C/C=C\C/C=C\C/C=C\CCCCCCCCCCC(=O)OCC(COC(=O)CCCCCCC/C=C\CCCCCCCCC)OC(=O)CCCCCCC/C=C\CCCCCCCCC. The van der Waals surface area contributed by atoms with Crippen molar-refractivity contribution in [2.45, 2.75) is 335 Å². The zero-order chi connectivity index (χ0) is 59.9. The van der Waals surface area contributed by atoms with Crippen LogP contribution in [-0.4, -0.2) is 37.2 Å². The fourth-order valence-corrected chi connectivity index (χ4v) is 9.68. The van der Waals surface area contributed by atoms with Gasteiger partial charge in [0.2, 0.25) is 0 Å². The molecule has 0 radical (unpaired) electrons. The van der Waals surface area contributed by atoms with Crippen molar-refractivity contribution in [3.05, 3.63) is 122 Å². The molecule has 0 fully saturated rings. The number of unbranched alkanes of at least 4 members (excludes halogenated alkanes) is 32. The molecular formula is C77H130O6. The molecule has 0 saturated carbocycles. The van der Waals surface area contributed by atoms with Crippen LogP contribution in [0.3, 0.4) is 0 Å². The second-order valence-corrected chi connectivity index (χ2v) is 23.1. The predicted molar refractivity (Wildman–Crippen MR) is 362 cm³/mol. The lowest BCUT2D eigenvalue weighted by Gasteiger charge is -2.18. The number of hydrogen-bond donors (Lipinski definition) is 0. The predicted octanol–water partition coefficient (Wildman–Crippen LogP) is 24.3.